The van der Waals surface area contributed by atoms with Gasteiger partial charge in [-0.1, -0.05) is 26.8 Å². The van der Waals surface area contributed by atoms with Crippen molar-refractivity contribution < 1.29 is 9.90 Å². The van der Waals surface area contributed by atoms with Crippen molar-refractivity contribution in [2.24, 2.45) is 5.92 Å². The molecular weight excluding hydrogens is 500 g/mol. The SMILES string of the molecule is CCn1c2c(c3c1CC(C)C(C)(c1sc(-c4sc(/C=C(\C#N)C(=O)O)cc4N)cc1N)C3)C(C)CC=C2. The molecule has 6 nitrogen and oxygen atoms in total. The number of thiophene rings is 2. The quantitative estimate of drug-likeness (QED) is 0.251. The average Bonchev–Trinajstić information content (AvgIpc) is 3.51. The van der Waals surface area contributed by atoms with Gasteiger partial charge in [0.1, 0.15) is 11.6 Å². The summed E-state index contributed by atoms with van der Waals surface area (Å²) in [5.74, 6) is -0.333. The fourth-order valence-corrected chi connectivity index (χ4v) is 8.57. The number of carboxylic acids is 1. The van der Waals surface area contributed by atoms with E-state index < -0.39 is 5.97 Å². The number of allylic oxidation sites excluding steroid dienone is 1. The zero-order valence-corrected chi connectivity index (χ0v) is 23.2. The third-order valence-electron chi connectivity index (χ3n) is 8.19. The molecule has 0 fully saturated rings. The van der Waals surface area contributed by atoms with Gasteiger partial charge in [-0.05, 0) is 73.4 Å². The highest BCUT2D eigenvalue weighted by Gasteiger charge is 2.44. The van der Waals surface area contributed by atoms with E-state index in [1.807, 2.05) is 6.07 Å². The molecule has 0 aliphatic heterocycles. The van der Waals surface area contributed by atoms with Gasteiger partial charge in [-0.25, -0.2) is 4.79 Å². The Morgan fingerprint density at radius 3 is 2.73 bits per heavy atom. The normalized spacial score (nSPS) is 22.9. The standard InChI is InChI=1S/C29H32N4O2S2/c1-5-33-22-8-6-7-15(2)25(22)19-13-29(4,16(3)9-23(19)33)27-21(32)12-24(37-27)26-20(31)11-18(36-26)10-17(14-30)28(34)35/h6,8,10-12,15-16H,5,7,9,13,31-32H2,1-4H3,(H,34,35)/b17-10+. The lowest BCUT2D eigenvalue weighted by Crippen LogP contribution is -2.38. The third-order valence-corrected chi connectivity index (χ3v) is 10.9. The summed E-state index contributed by atoms with van der Waals surface area (Å²) in [6.45, 7) is 10.2. The van der Waals surface area contributed by atoms with Gasteiger partial charge in [0.05, 0.1) is 10.6 Å². The molecule has 2 aliphatic rings. The molecule has 3 atom stereocenters. The van der Waals surface area contributed by atoms with Crippen LogP contribution in [-0.4, -0.2) is 15.6 Å². The van der Waals surface area contributed by atoms with Gasteiger partial charge in [0.2, 0.25) is 0 Å². The highest BCUT2D eigenvalue weighted by Crippen LogP contribution is 2.53. The molecule has 0 amide bonds. The van der Waals surface area contributed by atoms with E-state index in [-0.39, 0.29) is 11.0 Å². The van der Waals surface area contributed by atoms with Crippen LogP contribution in [0.2, 0.25) is 0 Å². The number of fused-ring (bicyclic) bond motifs is 3. The first-order valence-electron chi connectivity index (χ1n) is 12.6. The lowest BCUT2D eigenvalue weighted by atomic mass is 9.65. The molecule has 0 aromatic carbocycles. The summed E-state index contributed by atoms with van der Waals surface area (Å²) in [4.78, 5) is 14.9. The van der Waals surface area contributed by atoms with Crippen molar-refractivity contribution in [3.05, 3.63) is 56.1 Å². The summed E-state index contributed by atoms with van der Waals surface area (Å²) in [7, 11) is 0. The molecule has 2 aliphatic carbocycles. The summed E-state index contributed by atoms with van der Waals surface area (Å²) in [6, 6.07) is 5.45. The summed E-state index contributed by atoms with van der Waals surface area (Å²) in [5.41, 5.74) is 19.8. The molecule has 8 heteroatoms. The molecule has 3 aromatic rings. The minimum absolute atomic E-state index is 0.111. The zero-order chi connectivity index (χ0) is 26.6. The van der Waals surface area contributed by atoms with Crippen molar-refractivity contribution in [2.45, 2.75) is 64.8 Å². The van der Waals surface area contributed by atoms with E-state index in [1.165, 1.54) is 44.8 Å². The van der Waals surface area contributed by atoms with Crippen molar-refractivity contribution >= 4 is 52.2 Å². The second-order valence-electron chi connectivity index (χ2n) is 10.5. The molecule has 3 aromatic heterocycles. The molecule has 0 saturated carbocycles. The second kappa shape index (κ2) is 9.23. The third kappa shape index (κ3) is 4.01. The lowest BCUT2D eigenvalue weighted by Gasteiger charge is -2.40. The van der Waals surface area contributed by atoms with Gasteiger partial charge >= 0.3 is 5.97 Å². The molecule has 0 saturated heterocycles. The number of carboxylic acid groups (broad SMARTS) is 1. The number of aromatic nitrogens is 1. The lowest BCUT2D eigenvalue weighted by molar-refractivity contribution is -0.132. The molecule has 192 valence electrons. The predicted molar refractivity (Wildman–Crippen MR) is 154 cm³/mol. The molecule has 0 spiro atoms. The van der Waals surface area contributed by atoms with Crippen LogP contribution in [0.25, 0.3) is 21.9 Å². The van der Waals surface area contributed by atoms with Gasteiger partial charge in [0.15, 0.2) is 0 Å². The number of nitrogens with two attached hydrogens (primary N) is 2. The fourth-order valence-electron chi connectivity index (χ4n) is 6.08. The Bertz CT molecular complexity index is 1510. The smallest absolute Gasteiger partial charge is 0.346 e. The van der Waals surface area contributed by atoms with Gasteiger partial charge in [-0.2, -0.15) is 5.26 Å². The van der Waals surface area contributed by atoms with E-state index >= 15 is 0 Å². The van der Waals surface area contributed by atoms with Crippen LogP contribution in [0.15, 0.2) is 23.8 Å². The van der Waals surface area contributed by atoms with Gasteiger partial charge in [0.25, 0.3) is 0 Å². The average molecular weight is 533 g/mol. The van der Waals surface area contributed by atoms with Crippen LogP contribution in [0.3, 0.4) is 0 Å². The molecule has 3 unspecified atom stereocenters. The Morgan fingerprint density at radius 1 is 1.30 bits per heavy atom. The van der Waals surface area contributed by atoms with Crippen LogP contribution in [0, 0.1) is 17.2 Å². The number of nitrogens with zero attached hydrogens (tertiary/aromatic N) is 2. The van der Waals surface area contributed by atoms with Crippen molar-refractivity contribution in [3.8, 4) is 15.8 Å². The number of rotatable bonds is 5. The molecular formula is C29H32N4O2S2. The minimum Gasteiger partial charge on any atom is -0.477 e. The first kappa shape index (κ1) is 25.4. The number of carbonyl (C=O) groups is 1. The number of hydrogen-bond donors (Lipinski definition) is 3. The van der Waals surface area contributed by atoms with Crippen LogP contribution in [0.5, 0.6) is 0 Å². The first-order chi connectivity index (χ1) is 17.6. The summed E-state index contributed by atoms with van der Waals surface area (Å²) >= 11 is 3.07. The van der Waals surface area contributed by atoms with E-state index in [1.54, 1.807) is 23.5 Å². The number of aliphatic carboxylic acids is 1. The Kier molecular flexibility index (Phi) is 6.33. The highest BCUT2D eigenvalue weighted by molar-refractivity contribution is 7.23. The minimum atomic E-state index is -1.25. The molecule has 5 rings (SSSR count). The molecule has 0 radical (unpaired) electrons. The Hall–Kier alpha value is -3.28. The molecule has 3 heterocycles. The highest BCUT2D eigenvalue weighted by atomic mass is 32.1. The first-order valence-corrected chi connectivity index (χ1v) is 14.3. The molecule has 5 N–H and O–H groups in total. The van der Waals surface area contributed by atoms with Crippen LogP contribution in [-0.2, 0) is 29.6 Å². The Labute approximate surface area is 225 Å². The van der Waals surface area contributed by atoms with E-state index in [0.29, 0.717) is 22.4 Å². The van der Waals surface area contributed by atoms with Gasteiger partial charge in [-0.15, -0.1) is 22.7 Å². The number of nitrogen functional groups attached to an aromatic ring is 2. The van der Waals surface area contributed by atoms with Crippen molar-refractivity contribution in [1.29, 1.82) is 5.26 Å². The van der Waals surface area contributed by atoms with Crippen LogP contribution in [0.4, 0.5) is 11.4 Å². The van der Waals surface area contributed by atoms with Crippen LogP contribution in [0.1, 0.15) is 72.3 Å². The maximum atomic E-state index is 11.3. The maximum Gasteiger partial charge on any atom is 0.346 e. The van der Waals surface area contributed by atoms with E-state index in [0.717, 1.165) is 41.2 Å². The Balaban J connectivity index is 1.56. The zero-order valence-electron chi connectivity index (χ0n) is 21.6. The van der Waals surface area contributed by atoms with Gasteiger partial charge < -0.3 is 21.1 Å². The number of anilines is 2. The monoisotopic (exact) mass is 532 g/mol. The largest absolute Gasteiger partial charge is 0.477 e. The molecule has 0 bridgehead atoms. The second-order valence-corrected chi connectivity index (χ2v) is 12.6. The van der Waals surface area contributed by atoms with Gasteiger partial charge in [0, 0.05) is 43.7 Å². The topological polar surface area (TPSA) is 118 Å². The van der Waals surface area contributed by atoms with Crippen LogP contribution < -0.4 is 11.5 Å². The van der Waals surface area contributed by atoms with Crippen molar-refractivity contribution in [2.75, 3.05) is 11.5 Å². The summed E-state index contributed by atoms with van der Waals surface area (Å²) in [6.07, 6.45) is 9.04. The predicted octanol–water partition coefficient (Wildman–Crippen LogP) is 6.67. The molecule has 37 heavy (non-hydrogen) atoms. The van der Waals surface area contributed by atoms with Crippen molar-refractivity contribution in [1.82, 2.24) is 4.57 Å². The van der Waals surface area contributed by atoms with E-state index in [2.05, 4.69) is 44.4 Å². The Morgan fingerprint density at radius 2 is 2.05 bits per heavy atom. The van der Waals surface area contributed by atoms with Crippen molar-refractivity contribution in [3.63, 3.8) is 0 Å². The van der Waals surface area contributed by atoms with E-state index in [4.69, 9.17) is 16.7 Å². The summed E-state index contributed by atoms with van der Waals surface area (Å²) in [5, 5.41) is 18.3. The van der Waals surface area contributed by atoms with Crippen LogP contribution >= 0.6 is 22.7 Å². The number of nitriles is 1. The van der Waals surface area contributed by atoms with E-state index in [9.17, 15) is 9.90 Å². The summed E-state index contributed by atoms with van der Waals surface area (Å²) < 4.78 is 2.52. The number of hydrogen-bond acceptors (Lipinski definition) is 6. The van der Waals surface area contributed by atoms with Gasteiger partial charge in [-0.3, -0.25) is 0 Å². The fraction of sp³-hybridized carbons (Fsp3) is 0.379. The maximum absolute atomic E-state index is 11.3.